The van der Waals surface area contributed by atoms with E-state index in [2.05, 4.69) is 32.4 Å². The normalized spacial score (nSPS) is 9.50. The van der Waals surface area contributed by atoms with Crippen molar-refractivity contribution in [1.29, 1.82) is 0 Å². The number of hydrogen-bond acceptors (Lipinski definition) is 3. The number of hydrogen-bond donors (Lipinski definition) is 0. The number of esters is 1. The lowest BCUT2D eigenvalue weighted by Crippen LogP contribution is -2.11. The molecule has 0 fully saturated rings. The molecule has 0 unspecified atom stereocenters. The lowest BCUT2D eigenvalue weighted by atomic mass is 10.1. The SMILES string of the molecule is CC(C)OC(=O)c1ccc(C#CSI)cc1. The Bertz CT molecular complexity index is 415. The van der Waals surface area contributed by atoms with E-state index >= 15 is 0 Å². The molecule has 0 atom stereocenters. The summed E-state index contributed by atoms with van der Waals surface area (Å²) in [5.74, 6) is 2.66. The van der Waals surface area contributed by atoms with Gasteiger partial charge in [-0.25, -0.2) is 4.79 Å². The minimum Gasteiger partial charge on any atom is -0.459 e. The van der Waals surface area contributed by atoms with Crippen LogP contribution in [0.15, 0.2) is 24.3 Å². The standard InChI is InChI=1S/C12H11IO2S/c1-9(2)15-12(14)11-5-3-10(4-6-11)7-8-16-13/h3-6,9H,1-2H3. The Morgan fingerprint density at radius 3 is 2.50 bits per heavy atom. The molecule has 0 amide bonds. The first-order valence-corrected chi connectivity index (χ1v) is 8.09. The van der Waals surface area contributed by atoms with E-state index in [-0.39, 0.29) is 12.1 Å². The summed E-state index contributed by atoms with van der Waals surface area (Å²) < 4.78 is 5.08. The van der Waals surface area contributed by atoms with Crippen molar-refractivity contribution >= 4 is 36.1 Å². The fourth-order valence-electron chi connectivity index (χ4n) is 1.05. The van der Waals surface area contributed by atoms with Gasteiger partial charge in [-0.1, -0.05) is 5.92 Å². The highest BCUT2D eigenvalue weighted by atomic mass is 127. The second kappa shape index (κ2) is 6.81. The summed E-state index contributed by atoms with van der Waals surface area (Å²) >= 11 is 2.11. The number of rotatable bonds is 2. The van der Waals surface area contributed by atoms with Crippen LogP contribution in [0.25, 0.3) is 0 Å². The zero-order chi connectivity index (χ0) is 12.0. The van der Waals surface area contributed by atoms with E-state index in [1.165, 1.54) is 8.93 Å². The van der Waals surface area contributed by atoms with Gasteiger partial charge in [-0.15, -0.1) is 0 Å². The van der Waals surface area contributed by atoms with Gasteiger partial charge in [0.15, 0.2) is 0 Å². The first kappa shape index (κ1) is 13.4. The second-order valence-corrected chi connectivity index (χ2v) is 5.02. The van der Waals surface area contributed by atoms with Crippen LogP contribution in [-0.2, 0) is 4.74 Å². The molecule has 0 heterocycles. The molecule has 1 aromatic carbocycles. The molecule has 0 spiro atoms. The lowest BCUT2D eigenvalue weighted by Gasteiger charge is -2.07. The van der Waals surface area contributed by atoms with Crippen LogP contribution in [0.5, 0.6) is 0 Å². The van der Waals surface area contributed by atoms with Crippen LogP contribution < -0.4 is 0 Å². The summed E-state index contributed by atoms with van der Waals surface area (Å²) in [5.41, 5.74) is 1.45. The molecule has 0 aliphatic rings. The van der Waals surface area contributed by atoms with Crippen LogP contribution >= 0.6 is 30.1 Å². The van der Waals surface area contributed by atoms with Crippen molar-refractivity contribution in [3.05, 3.63) is 35.4 Å². The van der Waals surface area contributed by atoms with Crippen LogP contribution in [0.3, 0.4) is 0 Å². The van der Waals surface area contributed by atoms with E-state index in [0.29, 0.717) is 5.56 Å². The van der Waals surface area contributed by atoms with Gasteiger partial charge in [0.1, 0.15) is 0 Å². The van der Waals surface area contributed by atoms with Gasteiger partial charge in [-0.05, 0) is 52.3 Å². The van der Waals surface area contributed by atoms with Gasteiger partial charge in [0.25, 0.3) is 0 Å². The molecule has 0 saturated heterocycles. The van der Waals surface area contributed by atoms with E-state index in [9.17, 15) is 4.79 Å². The molecular weight excluding hydrogens is 335 g/mol. The highest BCUT2D eigenvalue weighted by molar-refractivity contribution is 14.2. The minimum absolute atomic E-state index is 0.0950. The Hall–Kier alpha value is -0.670. The highest BCUT2D eigenvalue weighted by Gasteiger charge is 2.07. The van der Waals surface area contributed by atoms with Gasteiger partial charge in [-0.2, -0.15) is 0 Å². The minimum atomic E-state index is -0.294. The molecule has 0 aromatic heterocycles. The summed E-state index contributed by atoms with van der Waals surface area (Å²) in [6.07, 6.45) is -0.0950. The maximum absolute atomic E-state index is 11.5. The van der Waals surface area contributed by atoms with Gasteiger partial charge < -0.3 is 4.74 Å². The molecule has 0 radical (unpaired) electrons. The second-order valence-electron chi connectivity index (χ2n) is 3.34. The van der Waals surface area contributed by atoms with E-state index in [1.807, 2.05) is 26.0 Å². The Labute approximate surface area is 112 Å². The predicted octanol–water partition coefficient (Wildman–Crippen LogP) is 3.64. The number of carbonyl (C=O) groups excluding carboxylic acids is 1. The topological polar surface area (TPSA) is 26.3 Å². The third-order valence-electron chi connectivity index (χ3n) is 1.70. The monoisotopic (exact) mass is 346 g/mol. The van der Waals surface area contributed by atoms with Crippen LogP contribution in [-0.4, -0.2) is 12.1 Å². The zero-order valence-corrected chi connectivity index (χ0v) is 12.0. The summed E-state index contributed by atoms with van der Waals surface area (Å²) in [6.45, 7) is 3.66. The van der Waals surface area contributed by atoms with Crippen LogP contribution in [0, 0.1) is 11.2 Å². The molecule has 0 saturated carbocycles. The first-order chi connectivity index (χ1) is 7.63. The number of benzene rings is 1. The molecule has 0 aliphatic heterocycles. The summed E-state index contributed by atoms with van der Waals surface area (Å²) in [6, 6.07) is 7.09. The molecule has 2 nitrogen and oxygen atoms in total. The van der Waals surface area contributed by atoms with Gasteiger partial charge in [0, 0.05) is 26.8 Å². The molecule has 0 bridgehead atoms. The van der Waals surface area contributed by atoms with Gasteiger partial charge in [-0.3, -0.25) is 0 Å². The van der Waals surface area contributed by atoms with Crippen LogP contribution in [0.2, 0.25) is 0 Å². The average molecular weight is 346 g/mol. The molecule has 4 heteroatoms. The van der Waals surface area contributed by atoms with Crippen LogP contribution in [0.4, 0.5) is 0 Å². The number of carbonyl (C=O) groups is 1. The quantitative estimate of drug-likeness (QED) is 0.465. The summed E-state index contributed by atoms with van der Waals surface area (Å²) in [5, 5.41) is 2.88. The van der Waals surface area contributed by atoms with Crippen molar-refractivity contribution in [2.24, 2.45) is 0 Å². The van der Waals surface area contributed by atoms with E-state index in [0.717, 1.165) is 5.56 Å². The van der Waals surface area contributed by atoms with Gasteiger partial charge in [0.2, 0.25) is 0 Å². The van der Waals surface area contributed by atoms with Crippen molar-refractivity contribution in [3.8, 4) is 11.2 Å². The Kier molecular flexibility index (Phi) is 5.71. The van der Waals surface area contributed by atoms with Crippen LogP contribution in [0.1, 0.15) is 29.8 Å². The van der Waals surface area contributed by atoms with Crippen molar-refractivity contribution in [2.45, 2.75) is 20.0 Å². The maximum Gasteiger partial charge on any atom is 0.338 e. The lowest BCUT2D eigenvalue weighted by molar-refractivity contribution is 0.0378. The number of ether oxygens (including phenoxy) is 1. The summed E-state index contributed by atoms with van der Waals surface area (Å²) in [4.78, 5) is 11.5. The van der Waals surface area contributed by atoms with Crippen molar-refractivity contribution < 1.29 is 9.53 Å². The van der Waals surface area contributed by atoms with E-state index < -0.39 is 0 Å². The van der Waals surface area contributed by atoms with Crippen molar-refractivity contribution in [3.63, 3.8) is 0 Å². The maximum atomic E-state index is 11.5. The molecule has 84 valence electrons. The largest absolute Gasteiger partial charge is 0.459 e. The first-order valence-electron chi connectivity index (χ1n) is 4.73. The zero-order valence-electron chi connectivity index (χ0n) is 8.99. The van der Waals surface area contributed by atoms with Crippen molar-refractivity contribution in [1.82, 2.24) is 0 Å². The molecule has 0 aliphatic carbocycles. The van der Waals surface area contributed by atoms with Crippen molar-refractivity contribution in [2.75, 3.05) is 0 Å². The number of halogens is 1. The third-order valence-corrected chi connectivity index (χ3v) is 2.54. The van der Waals surface area contributed by atoms with E-state index in [1.54, 1.807) is 12.1 Å². The summed E-state index contributed by atoms with van der Waals surface area (Å²) in [7, 11) is 1.43. The predicted molar refractivity (Wildman–Crippen MR) is 75.5 cm³/mol. The Balaban J connectivity index is 2.74. The smallest absolute Gasteiger partial charge is 0.338 e. The molecule has 16 heavy (non-hydrogen) atoms. The molecular formula is C12H11IO2S. The Morgan fingerprint density at radius 1 is 1.38 bits per heavy atom. The van der Waals surface area contributed by atoms with Gasteiger partial charge >= 0.3 is 5.97 Å². The fourth-order valence-corrected chi connectivity index (χ4v) is 1.54. The third kappa shape index (κ3) is 4.45. The Morgan fingerprint density at radius 2 is 2.00 bits per heavy atom. The highest BCUT2D eigenvalue weighted by Crippen LogP contribution is 2.09. The fraction of sp³-hybridized carbons (Fsp3) is 0.250. The van der Waals surface area contributed by atoms with E-state index in [4.69, 9.17) is 4.74 Å². The van der Waals surface area contributed by atoms with Gasteiger partial charge in [0.05, 0.1) is 11.7 Å². The average Bonchev–Trinajstić information content (AvgIpc) is 2.26. The molecule has 1 aromatic rings. The molecule has 1 rings (SSSR count). The molecule has 0 N–H and O–H groups in total.